The number of nitrogens with zero attached hydrogens (tertiary/aromatic N) is 1. The van der Waals surface area contributed by atoms with E-state index in [1.165, 1.54) is 6.26 Å². The summed E-state index contributed by atoms with van der Waals surface area (Å²) in [7, 11) is -3.15. The molecule has 0 amide bonds. The van der Waals surface area contributed by atoms with Crippen molar-refractivity contribution in [2.24, 2.45) is 0 Å². The molecule has 0 heterocycles. The molecule has 4 nitrogen and oxygen atoms in total. The quantitative estimate of drug-likeness (QED) is 0.780. The maximum absolute atomic E-state index is 11.4. The van der Waals surface area contributed by atoms with E-state index in [9.17, 15) is 13.7 Å². The van der Waals surface area contributed by atoms with Crippen LogP contribution in [0.15, 0.2) is 34.1 Å². The number of hydrogen-bond acceptors (Lipinski definition) is 5. The zero-order valence-electron chi connectivity index (χ0n) is 12.9. The molecular weight excluding hydrogens is 304 g/mol. The summed E-state index contributed by atoms with van der Waals surface area (Å²) in [6.07, 6.45) is 1.92. The van der Waals surface area contributed by atoms with Gasteiger partial charge in [0.15, 0.2) is 9.84 Å². The van der Waals surface area contributed by atoms with Gasteiger partial charge in [0.1, 0.15) is 5.54 Å². The largest absolute Gasteiger partial charge is 0.300 e. The Morgan fingerprint density at radius 3 is 2.38 bits per heavy atom. The summed E-state index contributed by atoms with van der Waals surface area (Å²) in [4.78, 5) is 1.33. The number of sulfone groups is 1. The molecule has 0 radical (unpaired) electrons. The zero-order chi connectivity index (χ0) is 16.1. The second-order valence-electron chi connectivity index (χ2n) is 5.35. The fourth-order valence-corrected chi connectivity index (χ4v) is 3.97. The molecule has 0 saturated heterocycles. The molecule has 2 atom stereocenters. The van der Waals surface area contributed by atoms with Crippen LogP contribution in [0, 0.1) is 11.3 Å². The highest BCUT2D eigenvalue weighted by Gasteiger charge is 2.25. The molecule has 2 unspecified atom stereocenters. The first-order valence-corrected chi connectivity index (χ1v) is 9.60. The molecule has 6 heteroatoms. The van der Waals surface area contributed by atoms with Crippen LogP contribution in [0.2, 0.25) is 0 Å². The summed E-state index contributed by atoms with van der Waals surface area (Å²) in [5.41, 5.74) is -0.534. The van der Waals surface area contributed by atoms with E-state index in [2.05, 4.69) is 18.3 Å². The van der Waals surface area contributed by atoms with E-state index < -0.39 is 15.4 Å². The number of benzene rings is 1. The minimum Gasteiger partial charge on any atom is -0.300 e. The van der Waals surface area contributed by atoms with Crippen molar-refractivity contribution in [2.45, 2.75) is 47.8 Å². The summed E-state index contributed by atoms with van der Waals surface area (Å²) < 4.78 is 22.8. The SMILES string of the molecule is CCNC(C)(C#N)CC(C)Sc1ccc(S(C)(=O)=O)cc1. The van der Waals surface area contributed by atoms with Crippen molar-refractivity contribution in [1.29, 1.82) is 5.26 Å². The Balaban J connectivity index is 2.71. The maximum Gasteiger partial charge on any atom is 0.175 e. The fourth-order valence-electron chi connectivity index (χ4n) is 2.16. The van der Waals surface area contributed by atoms with Gasteiger partial charge in [-0.25, -0.2) is 8.42 Å². The predicted molar refractivity (Wildman–Crippen MR) is 87.2 cm³/mol. The summed E-state index contributed by atoms with van der Waals surface area (Å²) in [5.74, 6) is 0. The van der Waals surface area contributed by atoms with E-state index in [0.717, 1.165) is 17.9 Å². The van der Waals surface area contributed by atoms with Gasteiger partial charge in [-0.1, -0.05) is 13.8 Å². The molecule has 1 aromatic carbocycles. The van der Waals surface area contributed by atoms with E-state index in [0.29, 0.717) is 4.90 Å². The lowest BCUT2D eigenvalue weighted by Gasteiger charge is -2.25. The Morgan fingerprint density at radius 1 is 1.38 bits per heavy atom. The molecule has 1 rings (SSSR count). The van der Waals surface area contributed by atoms with Crippen molar-refractivity contribution in [3.63, 3.8) is 0 Å². The first-order valence-electron chi connectivity index (χ1n) is 6.83. The second-order valence-corrected chi connectivity index (χ2v) is 8.88. The molecule has 0 spiro atoms. The molecular formula is C15H22N2O2S2. The monoisotopic (exact) mass is 326 g/mol. The third kappa shape index (κ3) is 5.70. The van der Waals surface area contributed by atoms with E-state index in [-0.39, 0.29) is 5.25 Å². The van der Waals surface area contributed by atoms with Crippen LogP contribution in [0.4, 0.5) is 0 Å². The minimum absolute atomic E-state index is 0.248. The van der Waals surface area contributed by atoms with Gasteiger partial charge in [0.05, 0.1) is 11.0 Å². The van der Waals surface area contributed by atoms with E-state index in [1.54, 1.807) is 23.9 Å². The first-order chi connectivity index (χ1) is 9.70. The van der Waals surface area contributed by atoms with Gasteiger partial charge in [-0.05, 0) is 44.2 Å². The lowest BCUT2D eigenvalue weighted by Crippen LogP contribution is -2.42. The summed E-state index contributed by atoms with van der Waals surface area (Å²) in [6.45, 7) is 6.71. The summed E-state index contributed by atoms with van der Waals surface area (Å²) >= 11 is 1.65. The highest BCUT2D eigenvalue weighted by Crippen LogP contribution is 2.29. The Labute approximate surface area is 131 Å². The molecule has 0 aliphatic heterocycles. The molecule has 0 aliphatic carbocycles. The van der Waals surface area contributed by atoms with Crippen LogP contribution in [-0.2, 0) is 9.84 Å². The van der Waals surface area contributed by atoms with Crippen LogP contribution in [-0.4, -0.2) is 32.0 Å². The number of rotatable bonds is 7. The average Bonchev–Trinajstić information content (AvgIpc) is 2.38. The van der Waals surface area contributed by atoms with Gasteiger partial charge in [-0.15, -0.1) is 11.8 Å². The summed E-state index contributed by atoms with van der Waals surface area (Å²) in [5, 5.41) is 12.7. The molecule has 116 valence electrons. The van der Waals surface area contributed by atoms with Crippen LogP contribution in [0.1, 0.15) is 27.2 Å². The summed E-state index contributed by atoms with van der Waals surface area (Å²) in [6, 6.07) is 9.20. The standard InChI is InChI=1S/C15H22N2O2S2/c1-5-17-15(3,11-16)10-12(2)20-13-6-8-14(9-7-13)21(4,18)19/h6-9,12,17H,5,10H2,1-4H3. The van der Waals surface area contributed by atoms with Gasteiger partial charge in [0.25, 0.3) is 0 Å². The average molecular weight is 326 g/mol. The number of nitriles is 1. The van der Waals surface area contributed by atoms with Crippen LogP contribution in [0.25, 0.3) is 0 Å². The fraction of sp³-hybridized carbons (Fsp3) is 0.533. The van der Waals surface area contributed by atoms with Gasteiger partial charge >= 0.3 is 0 Å². The van der Waals surface area contributed by atoms with Gasteiger partial charge in [-0.3, -0.25) is 5.32 Å². The zero-order valence-corrected chi connectivity index (χ0v) is 14.5. The molecule has 0 aliphatic rings. The highest BCUT2D eigenvalue weighted by atomic mass is 32.2. The molecule has 1 aromatic rings. The maximum atomic E-state index is 11.4. The third-order valence-corrected chi connectivity index (χ3v) is 5.34. The van der Waals surface area contributed by atoms with E-state index >= 15 is 0 Å². The third-order valence-electron chi connectivity index (χ3n) is 3.10. The van der Waals surface area contributed by atoms with Gasteiger partial charge in [-0.2, -0.15) is 5.26 Å². The molecule has 0 fully saturated rings. The molecule has 0 aromatic heterocycles. The Bertz CT molecular complexity index is 606. The normalized spacial score (nSPS) is 16.0. The van der Waals surface area contributed by atoms with Crippen molar-refractivity contribution in [3.05, 3.63) is 24.3 Å². The van der Waals surface area contributed by atoms with Crippen molar-refractivity contribution in [2.75, 3.05) is 12.8 Å². The number of thioether (sulfide) groups is 1. The number of hydrogen-bond donors (Lipinski definition) is 1. The van der Waals surface area contributed by atoms with Crippen LogP contribution < -0.4 is 5.32 Å². The first kappa shape index (κ1) is 18.0. The lowest BCUT2D eigenvalue weighted by molar-refractivity contribution is 0.429. The second kappa shape index (κ2) is 7.30. The predicted octanol–water partition coefficient (Wildman–Crippen LogP) is 2.85. The van der Waals surface area contributed by atoms with Gasteiger partial charge < -0.3 is 0 Å². The van der Waals surface area contributed by atoms with E-state index in [1.807, 2.05) is 26.0 Å². The minimum atomic E-state index is -3.15. The molecule has 0 saturated carbocycles. The van der Waals surface area contributed by atoms with Crippen LogP contribution in [0.5, 0.6) is 0 Å². The van der Waals surface area contributed by atoms with Crippen molar-refractivity contribution >= 4 is 21.6 Å². The topological polar surface area (TPSA) is 70.0 Å². The van der Waals surface area contributed by atoms with Crippen molar-refractivity contribution in [1.82, 2.24) is 5.32 Å². The smallest absolute Gasteiger partial charge is 0.175 e. The van der Waals surface area contributed by atoms with Gasteiger partial charge in [0, 0.05) is 16.4 Å². The Kier molecular flexibility index (Phi) is 6.26. The van der Waals surface area contributed by atoms with Crippen molar-refractivity contribution in [3.8, 4) is 6.07 Å². The van der Waals surface area contributed by atoms with Gasteiger partial charge in [0.2, 0.25) is 0 Å². The molecule has 21 heavy (non-hydrogen) atoms. The highest BCUT2D eigenvalue weighted by molar-refractivity contribution is 8.00. The van der Waals surface area contributed by atoms with Crippen LogP contribution >= 0.6 is 11.8 Å². The Hall–Kier alpha value is -1.03. The lowest BCUT2D eigenvalue weighted by atomic mass is 9.98. The molecule has 1 N–H and O–H groups in total. The van der Waals surface area contributed by atoms with Crippen LogP contribution in [0.3, 0.4) is 0 Å². The molecule has 0 bridgehead atoms. The van der Waals surface area contributed by atoms with Crippen molar-refractivity contribution < 1.29 is 8.42 Å². The van der Waals surface area contributed by atoms with E-state index in [4.69, 9.17) is 0 Å². The number of nitrogens with one attached hydrogen (secondary N) is 1. The Morgan fingerprint density at radius 2 is 1.95 bits per heavy atom.